The molecule has 0 unspecified atom stereocenters. The van der Waals surface area contributed by atoms with Gasteiger partial charge in [-0.2, -0.15) is 0 Å². The van der Waals surface area contributed by atoms with E-state index >= 15 is 0 Å². The summed E-state index contributed by atoms with van der Waals surface area (Å²) in [4.78, 5) is 22.0. The predicted octanol–water partition coefficient (Wildman–Crippen LogP) is 4.45. The number of aryl methyl sites for hydroxylation is 1. The second-order valence-corrected chi connectivity index (χ2v) is 9.50. The van der Waals surface area contributed by atoms with Gasteiger partial charge in [0.25, 0.3) is 0 Å². The quantitative estimate of drug-likeness (QED) is 0.619. The van der Waals surface area contributed by atoms with Crippen LogP contribution in [0.1, 0.15) is 49.5 Å². The van der Waals surface area contributed by atoms with Crippen molar-refractivity contribution in [3.63, 3.8) is 0 Å². The van der Waals surface area contributed by atoms with E-state index in [1.807, 2.05) is 23.1 Å². The molecule has 1 aliphatic heterocycles. The molecule has 0 spiro atoms. The number of methoxy groups -OCH3 is 1. The number of nitrogens with zero attached hydrogens (tertiary/aromatic N) is 4. The molecule has 0 atom stereocenters. The molecule has 1 aromatic heterocycles. The fourth-order valence-corrected chi connectivity index (χ4v) is 5.83. The van der Waals surface area contributed by atoms with Gasteiger partial charge in [-0.3, -0.25) is 4.79 Å². The first-order chi connectivity index (χ1) is 15.1. The first-order valence-corrected chi connectivity index (χ1v) is 12.4. The molecule has 2 aliphatic rings. The Labute approximate surface area is 190 Å². The van der Waals surface area contributed by atoms with Crippen LogP contribution in [0.25, 0.3) is 0 Å². The summed E-state index contributed by atoms with van der Waals surface area (Å²) < 4.78 is 7.91. The molecule has 2 heterocycles. The Balaban J connectivity index is 1.35. The molecular formula is C24H34N4O2S. The molecule has 1 aliphatic carbocycles. The highest BCUT2D eigenvalue weighted by Crippen LogP contribution is 2.34. The van der Waals surface area contributed by atoms with Crippen LogP contribution >= 0.6 is 11.8 Å². The Kier molecular flexibility index (Phi) is 7.10. The Bertz CT molecular complexity index is 899. The Morgan fingerprint density at radius 3 is 2.52 bits per heavy atom. The molecule has 2 fully saturated rings. The smallest absolute Gasteiger partial charge is 0.233 e. The predicted molar refractivity (Wildman–Crippen MR) is 126 cm³/mol. The minimum Gasteiger partial charge on any atom is -0.495 e. The number of amides is 1. The van der Waals surface area contributed by atoms with Crippen LogP contribution in [0, 0.1) is 13.8 Å². The standard InChI is InChI=1S/C24H34N4O2S/c1-18-19(2)28(20-9-5-4-6-10-20)24(25-18)31-17-23(29)27-15-13-26(14-16-27)21-11-7-8-12-22(21)30-3/h7-8,11-12,20H,4-6,9-10,13-17H2,1-3H3. The number of aromatic nitrogens is 2. The van der Waals surface area contributed by atoms with Crippen molar-refractivity contribution in [2.75, 3.05) is 43.9 Å². The van der Waals surface area contributed by atoms with E-state index in [0.717, 1.165) is 48.5 Å². The van der Waals surface area contributed by atoms with Crippen molar-refractivity contribution in [1.29, 1.82) is 0 Å². The average molecular weight is 443 g/mol. The Morgan fingerprint density at radius 1 is 1.10 bits per heavy atom. The largest absolute Gasteiger partial charge is 0.495 e. The lowest BCUT2D eigenvalue weighted by molar-refractivity contribution is -0.128. The maximum absolute atomic E-state index is 12.9. The molecule has 0 radical (unpaired) electrons. The number of carbonyl (C=O) groups is 1. The highest BCUT2D eigenvalue weighted by molar-refractivity contribution is 7.99. The zero-order valence-electron chi connectivity index (χ0n) is 19.0. The summed E-state index contributed by atoms with van der Waals surface area (Å²) in [6.07, 6.45) is 6.37. The lowest BCUT2D eigenvalue weighted by Gasteiger charge is -2.36. The summed E-state index contributed by atoms with van der Waals surface area (Å²) in [5.74, 6) is 1.55. The van der Waals surface area contributed by atoms with Crippen molar-refractivity contribution in [2.45, 2.75) is 57.1 Å². The zero-order valence-corrected chi connectivity index (χ0v) is 19.8. The van der Waals surface area contributed by atoms with Gasteiger partial charge in [-0.1, -0.05) is 43.2 Å². The van der Waals surface area contributed by atoms with E-state index < -0.39 is 0 Å². The fraction of sp³-hybridized carbons (Fsp3) is 0.583. The number of ether oxygens (including phenoxy) is 1. The van der Waals surface area contributed by atoms with Gasteiger partial charge in [-0.05, 0) is 38.8 Å². The van der Waals surface area contributed by atoms with Crippen LogP contribution in [-0.2, 0) is 4.79 Å². The van der Waals surface area contributed by atoms with Crippen LogP contribution in [0.5, 0.6) is 5.75 Å². The lowest BCUT2D eigenvalue weighted by atomic mass is 9.95. The SMILES string of the molecule is COc1ccccc1N1CCN(C(=O)CSc2nc(C)c(C)n2C2CCCCC2)CC1. The lowest BCUT2D eigenvalue weighted by Crippen LogP contribution is -2.49. The van der Waals surface area contributed by atoms with Crippen molar-refractivity contribution in [1.82, 2.24) is 14.5 Å². The average Bonchev–Trinajstić information content (AvgIpc) is 3.11. The maximum Gasteiger partial charge on any atom is 0.233 e. The van der Waals surface area contributed by atoms with Gasteiger partial charge in [0.15, 0.2) is 5.16 Å². The monoisotopic (exact) mass is 442 g/mol. The van der Waals surface area contributed by atoms with Gasteiger partial charge in [-0.15, -0.1) is 0 Å². The number of hydrogen-bond acceptors (Lipinski definition) is 5. The van der Waals surface area contributed by atoms with E-state index in [1.54, 1.807) is 18.9 Å². The van der Waals surface area contributed by atoms with Crippen LogP contribution in [-0.4, -0.2) is 59.4 Å². The van der Waals surface area contributed by atoms with Crippen LogP contribution in [0.3, 0.4) is 0 Å². The van der Waals surface area contributed by atoms with Crippen molar-refractivity contribution in [2.24, 2.45) is 0 Å². The van der Waals surface area contributed by atoms with Gasteiger partial charge in [0, 0.05) is 37.9 Å². The van der Waals surface area contributed by atoms with Gasteiger partial charge in [0.1, 0.15) is 5.75 Å². The number of imidazole rings is 1. The van der Waals surface area contributed by atoms with E-state index in [2.05, 4.69) is 29.4 Å². The van der Waals surface area contributed by atoms with E-state index in [9.17, 15) is 4.79 Å². The van der Waals surface area contributed by atoms with Gasteiger partial charge < -0.3 is 19.1 Å². The summed E-state index contributed by atoms with van der Waals surface area (Å²) in [6, 6.07) is 8.63. The maximum atomic E-state index is 12.9. The minimum absolute atomic E-state index is 0.207. The van der Waals surface area contributed by atoms with Crippen molar-refractivity contribution in [3.05, 3.63) is 35.7 Å². The summed E-state index contributed by atoms with van der Waals surface area (Å²) in [7, 11) is 1.70. The molecule has 1 saturated carbocycles. The molecule has 1 amide bonds. The molecule has 7 heteroatoms. The Morgan fingerprint density at radius 2 is 1.81 bits per heavy atom. The minimum atomic E-state index is 0.207. The van der Waals surface area contributed by atoms with Crippen LogP contribution in [0.2, 0.25) is 0 Å². The second kappa shape index (κ2) is 9.98. The third-order valence-electron chi connectivity index (χ3n) is 6.68. The molecular weight excluding hydrogens is 408 g/mol. The zero-order chi connectivity index (χ0) is 21.8. The molecule has 1 aromatic carbocycles. The molecule has 4 rings (SSSR count). The molecule has 0 N–H and O–H groups in total. The second-order valence-electron chi connectivity index (χ2n) is 8.56. The fourth-order valence-electron chi connectivity index (χ4n) is 4.77. The first-order valence-electron chi connectivity index (χ1n) is 11.4. The van der Waals surface area contributed by atoms with Crippen molar-refractivity contribution < 1.29 is 9.53 Å². The van der Waals surface area contributed by atoms with Gasteiger partial charge in [-0.25, -0.2) is 4.98 Å². The molecule has 6 nitrogen and oxygen atoms in total. The normalized spacial score (nSPS) is 17.8. The number of hydrogen-bond donors (Lipinski definition) is 0. The van der Waals surface area contributed by atoms with E-state index in [-0.39, 0.29) is 5.91 Å². The number of anilines is 1. The first kappa shape index (κ1) is 22.1. The third-order valence-corrected chi connectivity index (χ3v) is 7.61. The van der Waals surface area contributed by atoms with Crippen LogP contribution in [0.15, 0.2) is 29.4 Å². The highest BCUT2D eigenvalue weighted by Gasteiger charge is 2.25. The third kappa shape index (κ3) is 4.86. The van der Waals surface area contributed by atoms with Gasteiger partial charge >= 0.3 is 0 Å². The number of rotatable bonds is 6. The number of piperazine rings is 1. The van der Waals surface area contributed by atoms with E-state index in [1.165, 1.54) is 37.8 Å². The van der Waals surface area contributed by atoms with Crippen molar-refractivity contribution >= 4 is 23.4 Å². The summed E-state index contributed by atoms with van der Waals surface area (Å²) in [5, 5.41) is 1.02. The number of carbonyl (C=O) groups excluding carboxylic acids is 1. The van der Waals surface area contributed by atoms with Crippen LogP contribution < -0.4 is 9.64 Å². The molecule has 168 valence electrons. The van der Waals surface area contributed by atoms with Crippen molar-refractivity contribution in [3.8, 4) is 5.75 Å². The summed E-state index contributed by atoms with van der Waals surface area (Å²) >= 11 is 1.61. The summed E-state index contributed by atoms with van der Waals surface area (Å²) in [5.41, 5.74) is 3.45. The van der Waals surface area contributed by atoms with E-state index in [0.29, 0.717) is 11.8 Å². The Hall–Kier alpha value is -2.15. The molecule has 1 saturated heterocycles. The molecule has 2 aromatic rings. The van der Waals surface area contributed by atoms with E-state index in [4.69, 9.17) is 9.72 Å². The topological polar surface area (TPSA) is 50.6 Å². The van der Waals surface area contributed by atoms with Crippen LogP contribution in [0.4, 0.5) is 5.69 Å². The molecule has 31 heavy (non-hydrogen) atoms. The molecule has 0 bridgehead atoms. The number of thioether (sulfide) groups is 1. The van der Waals surface area contributed by atoms with Gasteiger partial charge in [0.05, 0.1) is 24.2 Å². The summed E-state index contributed by atoms with van der Waals surface area (Å²) in [6.45, 7) is 7.38. The number of para-hydroxylation sites is 2. The van der Waals surface area contributed by atoms with Gasteiger partial charge in [0.2, 0.25) is 5.91 Å². The number of benzene rings is 1. The highest BCUT2D eigenvalue weighted by atomic mass is 32.2.